The van der Waals surface area contributed by atoms with Gasteiger partial charge in [0.1, 0.15) is 5.92 Å². The SMILES string of the molecule is O=C(Nc1cc(Br)ccc1Br)[C@@H]1CC(F)(F)C1(F)F. The summed E-state index contributed by atoms with van der Waals surface area (Å²) in [6, 6.07) is 4.75. The van der Waals surface area contributed by atoms with Crippen LogP contribution >= 0.6 is 31.9 Å². The Morgan fingerprint density at radius 2 is 1.89 bits per heavy atom. The van der Waals surface area contributed by atoms with E-state index in [1.807, 2.05) is 0 Å². The van der Waals surface area contributed by atoms with Crippen molar-refractivity contribution in [2.24, 2.45) is 5.92 Å². The summed E-state index contributed by atoms with van der Waals surface area (Å²) < 4.78 is 52.6. The third-order valence-corrected chi connectivity index (χ3v) is 4.07. The molecule has 0 spiro atoms. The first-order valence-corrected chi connectivity index (χ1v) is 6.75. The van der Waals surface area contributed by atoms with Gasteiger partial charge in [0.2, 0.25) is 5.91 Å². The van der Waals surface area contributed by atoms with E-state index in [-0.39, 0.29) is 5.69 Å². The van der Waals surface area contributed by atoms with Gasteiger partial charge in [-0.25, -0.2) is 0 Å². The van der Waals surface area contributed by atoms with Crippen molar-refractivity contribution in [2.45, 2.75) is 18.3 Å². The monoisotopic (exact) mass is 403 g/mol. The molecule has 1 aliphatic carbocycles. The highest BCUT2D eigenvalue weighted by Crippen LogP contribution is 2.55. The van der Waals surface area contributed by atoms with E-state index in [4.69, 9.17) is 0 Å². The third kappa shape index (κ3) is 2.52. The molecule has 1 fully saturated rings. The molecule has 104 valence electrons. The average molecular weight is 405 g/mol. The molecule has 19 heavy (non-hydrogen) atoms. The number of hydrogen-bond donors (Lipinski definition) is 1. The fraction of sp³-hybridized carbons (Fsp3) is 0.364. The van der Waals surface area contributed by atoms with Crippen LogP contribution in [0.4, 0.5) is 23.2 Å². The standard InChI is InChI=1S/C11H7Br2F4NO/c12-5-1-2-7(13)8(3-5)18-9(19)6-4-10(14,15)11(6,16)17/h1-3,6H,4H2,(H,18,19)/t6-/m0/s1. The molecule has 1 aliphatic rings. The van der Waals surface area contributed by atoms with Crippen LogP contribution in [0.5, 0.6) is 0 Å². The Labute approximate surface area is 122 Å². The largest absolute Gasteiger partial charge is 0.325 e. The first-order chi connectivity index (χ1) is 8.65. The van der Waals surface area contributed by atoms with Crippen molar-refractivity contribution in [3.05, 3.63) is 27.1 Å². The molecule has 1 aromatic carbocycles. The van der Waals surface area contributed by atoms with E-state index < -0.39 is 30.1 Å². The topological polar surface area (TPSA) is 29.1 Å². The van der Waals surface area contributed by atoms with Gasteiger partial charge in [-0.1, -0.05) is 15.9 Å². The lowest BCUT2D eigenvalue weighted by Gasteiger charge is -2.42. The van der Waals surface area contributed by atoms with Crippen LogP contribution < -0.4 is 5.32 Å². The van der Waals surface area contributed by atoms with E-state index >= 15 is 0 Å². The van der Waals surface area contributed by atoms with Crippen molar-refractivity contribution in [3.63, 3.8) is 0 Å². The zero-order valence-corrected chi connectivity index (χ0v) is 12.4. The van der Waals surface area contributed by atoms with Gasteiger partial charge in [0, 0.05) is 15.4 Å². The normalized spacial score (nSPS) is 23.6. The van der Waals surface area contributed by atoms with Gasteiger partial charge in [0.25, 0.3) is 0 Å². The Bertz CT molecular complexity index is 535. The molecule has 0 radical (unpaired) electrons. The van der Waals surface area contributed by atoms with Gasteiger partial charge in [0.15, 0.2) is 0 Å². The molecule has 0 saturated heterocycles. The number of rotatable bonds is 2. The van der Waals surface area contributed by atoms with E-state index in [0.29, 0.717) is 8.95 Å². The fourth-order valence-electron chi connectivity index (χ4n) is 1.71. The molecule has 0 aliphatic heterocycles. The van der Waals surface area contributed by atoms with Crippen LogP contribution in [-0.2, 0) is 4.79 Å². The van der Waals surface area contributed by atoms with E-state index in [9.17, 15) is 22.4 Å². The zero-order valence-electron chi connectivity index (χ0n) is 9.19. The van der Waals surface area contributed by atoms with Gasteiger partial charge in [-0.15, -0.1) is 0 Å². The molecular formula is C11H7Br2F4NO. The van der Waals surface area contributed by atoms with Crippen molar-refractivity contribution in [1.82, 2.24) is 0 Å². The Morgan fingerprint density at radius 1 is 1.26 bits per heavy atom. The zero-order chi connectivity index (χ0) is 14.4. The molecule has 1 amide bonds. The maximum atomic E-state index is 13.1. The van der Waals surface area contributed by atoms with Crippen LogP contribution in [0.1, 0.15) is 6.42 Å². The van der Waals surface area contributed by atoms with Gasteiger partial charge in [-0.2, -0.15) is 17.6 Å². The van der Waals surface area contributed by atoms with Crippen molar-refractivity contribution in [2.75, 3.05) is 5.32 Å². The number of benzene rings is 1. The van der Waals surface area contributed by atoms with Crippen LogP contribution in [0, 0.1) is 5.92 Å². The van der Waals surface area contributed by atoms with Crippen LogP contribution in [0.2, 0.25) is 0 Å². The minimum atomic E-state index is -4.30. The van der Waals surface area contributed by atoms with E-state index in [2.05, 4.69) is 37.2 Å². The van der Waals surface area contributed by atoms with Gasteiger partial charge in [-0.05, 0) is 34.1 Å². The average Bonchev–Trinajstić information content (AvgIpc) is 2.30. The molecule has 2 nitrogen and oxygen atoms in total. The first-order valence-electron chi connectivity index (χ1n) is 5.17. The van der Waals surface area contributed by atoms with Gasteiger partial charge < -0.3 is 5.32 Å². The van der Waals surface area contributed by atoms with Crippen LogP contribution in [0.15, 0.2) is 27.1 Å². The summed E-state index contributed by atoms with van der Waals surface area (Å²) in [6.07, 6.45) is -1.14. The lowest BCUT2D eigenvalue weighted by molar-refractivity contribution is -0.303. The smallest absolute Gasteiger partial charge is 0.321 e. The second kappa shape index (κ2) is 4.73. The summed E-state index contributed by atoms with van der Waals surface area (Å²) in [7, 11) is 0. The number of hydrogen-bond acceptors (Lipinski definition) is 1. The van der Waals surface area contributed by atoms with E-state index in [1.165, 1.54) is 6.07 Å². The number of alkyl halides is 4. The fourth-order valence-corrected chi connectivity index (χ4v) is 2.42. The summed E-state index contributed by atoms with van der Waals surface area (Å²) >= 11 is 6.28. The molecule has 0 unspecified atom stereocenters. The van der Waals surface area contributed by atoms with E-state index in [0.717, 1.165) is 0 Å². The highest BCUT2D eigenvalue weighted by Gasteiger charge is 2.74. The number of carbonyl (C=O) groups is 1. The Morgan fingerprint density at radius 3 is 2.42 bits per heavy atom. The number of anilines is 1. The van der Waals surface area contributed by atoms with E-state index in [1.54, 1.807) is 12.1 Å². The number of nitrogens with one attached hydrogen (secondary N) is 1. The van der Waals surface area contributed by atoms with Crippen LogP contribution in [0.3, 0.4) is 0 Å². The van der Waals surface area contributed by atoms with Gasteiger partial charge in [-0.3, -0.25) is 4.79 Å². The minimum absolute atomic E-state index is 0.241. The number of amides is 1. The highest BCUT2D eigenvalue weighted by molar-refractivity contribution is 9.11. The predicted octanol–water partition coefficient (Wildman–Crippen LogP) is 4.44. The van der Waals surface area contributed by atoms with Crippen molar-refractivity contribution >= 4 is 43.5 Å². The summed E-state index contributed by atoms with van der Waals surface area (Å²) in [5, 5.41) is 2.22. The molecule has 8 heteroatoms. The summed E-state index contributed by atoms with van der Waals surface area (Å²) in [5.41, 5.74) is 0.241. The van der Waals surface area contributed by atoms with Crippen LogP contribution in [-0.4, -0.2) is 17.8 Å². The maximum Gasteiger partial charge on any atom is 0.321 e. The molecule has 1 saturated carbocycles. The van der Waals surface area contributed by atoms with Crippen molar-refractivity contribution < 1.29 is 22.4 Å². The van der Waals surface area contributed by atoms with Gasteiger partial charge >= 0.3 is 11.8 Å². The summed E-state index contributed by atoms with van der Waals surface area (Å²) in [6.45, 7) is 0. The summed E-state index contributed by atoms with van der Waals surface area (Å²) in [4.78, 5) is 11.6. The lowest BCUT2D eigenvalue weighted by Crippen LogP contribution is -2.62. The third-order valence-electron chi connectivity index (χ3n) is 2.89. The minimum Gasteiger partial charge on any atom is -0.325 e. The molecule has 0 heterocycles. The highest BCUT2D eigenvalue weighted by atomic mass is 79.9. The summed E-state index contributed by atoms with van der Waals surface area (Å²) in [5.74, 6) is -11.5. The van der Waals surface area contributed by atoms with Crippen molar-refractivity contribution in [3.8, 4) is 0 Å². The Hall–Kier alpha value is -0.630. The molecule has 0 aromatic heterocycles. The Balaban J connectivity index is 2.13. The quantitative estimate of drug-likeness (QED) is 0.725. The van der Waals surface area contributed by atoms with Crippen LogP contribution in [0.25, 0.3) is 0 Å². The first kappa shape index (κ1) is 14.8. The lowest BCUT2D eigenvalue weighted by atomic mass is 9.76. The molecule has 2 rings (SSSR count). The molecular weight excluding hydrogens is 398 g/mol. The Kier molecular flexibility index (Phi) is 3.68. The molecule has 1 atom stereocenters. The molecule has 1 aromatic rings. The maximum absolute atomic E-state index is 13.1. The van der Waals surface area contributed by atoms with Gasteiger partial charge in [0.05, 0.1) is 5.69 Å². The molecule has 0 bridgehead atoms. The van der Waals surface area contributed by atoms with Crippen molar-refractivity contribution in [1.29, 1.82) is 0 Å². The number of halogens is 6. The predicted molar refractivity (Wildman–Crippen MR) is 68.5 cm³/mol. The second-order valence-electron chi connectivity index (χ2n) is 4.20. The molecule has 1 N–H and O–H groups in total. The second-order valence-corrected chi connectivity index (χ2v) is 5.97. The number of carbonyl (C=O) groups excluding carboxylic acids is 1.